The van der Waals surface area contributed by atoms with Gasteiger partial charge >= 0.3 is 6.09 Å². The Morgan fingerprint density at radius 2 is 2.27 bits per heavy atom. The number of hydrogen-bond acceptors (Lipinski definition) is 7. The fourth-order valence-corrected chi connectivity index (χ4v) is 4.04. The van der Waals surface area contributed by atoms with Gasteiger partial charge in [-0.1, -0.05) is 31.7 Å². The third-order valence-corrected chi connectivity index (χ3v) is 5.87. The van der Waals surface area contributed by atoms with E-state index in [0.717, 1.165) is 42.0 Å². The topological polar surface area (TPSA) is 100 Å². The number of amides is 1. The first kappa shape index (κ1) is 22.5. The molecule has 2 atom stereocenters. The number of hydrogen-bond donors (Lipinski definition) is 2. The van der Waals surface area contributed by atoms with E-state index in [9.17, 15) is 9.90 Å². The van der Waals surface area contributed by atoms with Crippen LogP contribution < -0.4 is 10.2 Å². The van der Waals surface area contributed by atoms with Gasteiger partial charge in [0.2, 0.25) is 0 Å². The first-order valence-corrected chi connectivity index (χ1v) is 11.2. The van der Waals surface area contributed by atoms with Gasteiger partial charge in [-0.05, 0) is 37.8 Å². The Bertz CT molecular complexity index is 1100. The first-order valence-electron chi connectivity index (χ1n) is 11.2. The molecule has 1 fully saturated rings. The van der Waals surface area contributed by atoms with Crippen molar-refractivity contribution in [2.24, 2.45) is 5.92 Å². The fraction of sp³-hybridized carbons (Fsp3) is 0.360. The monoisotopic (exact) mass is 447 g/mol. The molecule has 0 bridgehead atoms. The maximum absolute atomic E-state index is 12.3. The van der Waals surface area contributed by atoms with E-state index in [0.29, 0.717) is 23.9 Å². The second kappa shape index (κ2) is 9.85. The normalized spacial score (nSPS) is 19.8. The number of anilines is 1. The SMILES string of the molecule is C=C(/C(O)=C\C)c1nc2c(c(N3CC[C@@H](NC(=O)OCc4cccnc4)C3)n1)C=CC(C)C2. The molecule has 1 amide bonds. The van der Waals surface area contributed by atoms with Crippen LogP contribution in [-0.2, 0) is 17.8 Å². The lowest BCUT2D eigenvalue weighted by Crippen LogP contribution is -2.37. The summed E-state index contributed by atoms with van der Waals surface area (Å²) in [7, 11) is 0. The Kier molecular flexibility index (Phi) is 6.72. The third kappa shape index (κ3) is 5.22. The van der Waals surface area contributed by atoms with Crippen LogP contribution >= 0.6 is 0 Å². The molecule has 8 nitrogen and oxygen atoms in total. The lowest BCUT2D eigenvalue weighted by atomic mass is 9.94. The minimum absolute atomic E-state index is 0.0564. The fourth-order valence-electron chi connectivity index (χ4n) is 4.04. The van der Waals surface area contributed by atoms with E-state index in [-0.39, 0.29) is 18.4 Å². The van der Waals surface area contributed by atoms with Gasteiger partial charge in [0.25, 0.3) is 0 Å². The molecule has 8 heteroatoms. The number of alkyl carbamates (subject to hydrolysis) is 1. The standard InChI is InChI=1S/C25H29N5O3/c1-4-22(31)17(3)23-28-21-12-16(2)7-8-20(21)24(29-23)30-11-9-19(14-30)27-25(32)33-15-18-6-5-10-26-13-18/h4-8,10,13,16,19,31H,3,9,11-12,14-15H2,1-2H3,(H,27,32)/b22-4+/t16?,19-/m1/s1. The number of pyridine rings is 1. The van der Waals surface area contributed by atoms with Crippen LogP contribution in [0.5, 0.6) is 0 Å². The average Bonchev–Trinajstić information content (AvgIpc) is 3.29. The number of nitrogens with zero attached hydrogens (tertiary/aromatic N) is 4. The van der Waals surface area contributed by atoms with Gasteiger partial charge in [-0.2, -0.15) is 0 Å². The molecule has 1 aliphatic heterocycles. The van der Waals surface area contributed by atoms with Crippen LogP contribution in [-0.4, -0.2) is 45.3 Å². The summed E-state index contributed by atoms with van der Waals surface area (Å²) in [6, 6.07) is 3.61. The lowest BCUT2D eigenvalue weighted by molar-refractivity contribution is 0.136. The summed E-state index contributed by atoms with van der Waals surface area (Å²) in [6.45, 7) is 9.39. The molecule has 3 heterocycles. The summed E-state index contributed by atoms with van der Waals surface area (Å²) in [4.78, 5) is 27.9. The number of carbonyl (C=O) groups excluding carboxylic acids is 1. The smallest absolute Gasteiger partial charge is 0.407 e. The molecule has 1 aliphatic carbocycles. The highest BCUT2D eigenvalue weighted by Gasteiger charge is 2.29. The number of nitrogens with one attached hydrogen (secondary N) is 1. The number of aromatic nitrogens is 3. The molecule has 0 aromatic carbocycles. The van der Waals surface area contributed by atoms with Crippen LogP contribution in [0.1, 0.15) is 42.9 Å². The van der Waals surface area contributed by atoms with Gasteiger partial charge in [-0.15, -0.1) is 0 Å². The van der Waals surface area contributed by atoms with Gasteiger partial charge in [0, 0.05) is 36.6 Å². The highest BCUT2D eigenvalue weighted by molar-refractivity contribution is 5.75. The predicted octanol–water partition coefficient (Wildman–Crippen LogP) is 4.06. The van der Waals surface area contributed by atoms with Gasteiger partial charge in [0.1, 0.15) is 18.2 Å². The highest BCUT2D eigenvalue weighted by atomic mass is 16.5. The van der Waals surface area contributed by atoms with E-state index < -0.39 is 6.09 Å². The number of fused-ring (bicyclic) bond motifs is 1. The molecule has 33 heavy (non-hydrogen) atoms. The molecule has 2 aromatic heterocycles. The molecule has 2 N–H and O–H groups in total. The van der Waals surface area contributed by atoms with Crippen molar-refractivity contribution < 1.29 is 14.6 Å². The molecule has 1 saturated heterocycles. The van der Waals surface area contributed by atoms with Crippen molar-refractivity contribution in [3.05, 3.63) is 71.7 Å². The molecule has 2 aliphatic rings. The molecule has 0 radical (unpaired) electrons. The zero-order valence-corrected chi connectivity index (χ0v) is 19.0. The molecule has 1 unspecified atom stereocenters. The summed E-state index contributed by atoms with van der Waals surface area (Å²) in [5.74, 6) is 1.67. The highest BCUT2D eigenvalue weighted by Crippen LogP contribution is 2.32. The van der Waals surface area contributed by atoms with E-state index in [1.54, 1.807) is 25.4 Å². The van der Waals surface area contributed by atoms with Gasteiger partial charge in [0.05, 0.1) is 17.3 Å². The largest absolute Gasteiger partial charge is 0.508 e. The lowest BCUT2D eigenvalue weighted by Gasteiger charge is -2.25. The summed E-state index contributed by atoms with van der Waals surface area (Å²) < 4.78 is 5.33. The van der Waals surface area contributed by atoms with Crippen molar-refractivity contribution in [1.29, 1.82) is 0 Å². The summed E-state index contributed by atoms with van der Waals surface area (Å²) in [6.07, 6.45) is 10.3. The zero-order chi connectivity index (χ0) is 23.4. The summed E-state index contributed by atoms with van der Waals surface area (Å²) >= 11 is 0. The molecule has 2 aromatic rings. The van der Waals surface area contributed by atoms with Crippen LogP contribution in [0.15, 0.2) is 49.0 Å². The minimum Gasteiger partial charge on any atom is -0.508 e. The molecule has 172 valence electrons. The Hall–Kier alpha value is -3.68. The van der Waals surface area contributed by atoms with Crippen LogP contribution in [0.25, 0.3) is 11.6 Å². The van der Waals surface area contributed by atoms with Crippen LogP contribution in [0.2, 0.25) is 0 Å². The number of aliphatic hydroxyl groups is 1. The first-order chi connectivity index (χ1) is 15.9. The molecule has 4 rings (SSSR count). The van der Waals surface area contributed by atoms with E-state index in [1.807, 2.05) is 12.1 Å². The molecular formula is C25H29N5O3. The number of ether oxygens (including phenoxy) is 1. The molecule has 0 spiro atoms. The second-order valence-electron chi connectivity index (χ2n) is 8.44. The quantitative estimate of drug-likeness (QED) is 0.509. The van der Waals surface area contributed by atoms with Gasteiger partial charge in [0.15, 0.2) is 5.82 Å². The number of rotatable bonds is 6. The maximum atomic E-state index is 12.3. The van der Waals surface area contributed by atoms with Crippen molar-refractivity contribution in [2.75, 3.05) is 18.0 Å². The van der Waals surface area contributed by atoms with Crippen molar-refractivity contribution in [3.8, 4) is 0 Å². The Balaban J connectivity index is 1.47. The number of aliphatic hydroxyl groups excluding tert-OH is 1. The van der Waals surface area contributed by atoms with Crippen LogP contribution in [0.3, 0.4) is 0 Å². The van der Waals surface area contributed by atoms with E-state index in [4.69, 9.17) is 14.7 Å². The molecular weight excluding hydrogens is 418 g/mol. The van der Waals surface area contributed by atoms with E-state index >= 15 is 0 Å². The van der Waals surface area contributed by atoms with Crippen LogP contribution in [0, 0.1) is 5.92 Å². The maximum Gasteiger partial charge on any atom is 0.407 e. The second-order valence-corrected chi connectivity index (χ2v) is 8.44. The van der Waals surface area contributed by atoms with E-state index in [1.165, 1.54) is 0 Å². The third-order valence-electron chi connectivity index (χ3n) is 5.87. The average molecular weight is 448 g/mol. The zero-order valence-electron chi connectivity index (χ0n) is 19.0. The van der Waals surface area contributed by atoms with Crippen LogP contribution in [0.4, 0.5) is 10.6 Å². The predicted molar refractivity (Wildman–Crippen MR) is 128 cm³/mol. The van der Waals surface area contributed by atoms with Gasteiger partial charge in [-0.25, -0.2) is 14.8 Å². The molecule has 0 saturated carbocycles. The van der Waals surface area contributed by atoms with Crippen molar-refractivity contribution >= 4 is 23.6 Å². The van der Waals surface area contributed by atoms with E-state index in [2.05, 4.69) is 40.9 Å². The van der Waals surface area contributed by atoms with Crippen molar-refractivity contribution in [3.63, 3.8) is 0 Å². The summed E-state index contributed by atoms with van der Waals surface area (Å²) in [5.41, 5.74) is 3.18. The number of allylic oxidation sites excluding steroid dienone is 3. The Labute approximate surface area is 193 Å². The Morgan fingerprint density at radius 3 is 3.03 bits per heavy atom. The van der Waals surface area contributed by atoms with Crippen molar-refractivity contribution in [2.45, 2.75) is 39.3 Å². The number of carbonyl (C=O) groups is 1. The Morgan fingerprint density at radius 1 is 1.42 bits per heavy atom. The summed E-state index contributed by atoms with van der Waals surface area (Å²) in [5, 5.41) is 13.1. The van der Waals surface area contributed by atoms with Crippen molar-refractivity contribution in [1.82, 2.24) is 20.3 Å². The minimum atomic E-state index is -0.448. The van der Waals surface area contributed by atoms with Gasteiger partial charge < -0.3 is 20.1 Å². The van der Waals surface area contributed by atoms with Gasteiger partial charge in [-0.3, -0.25) is 4.98 Å².